The van der Waals surface area contributed by atoms with Crippen LogP contribution in [0.2, 0.25) is 0 Å². The number of amides is 1. The number of hydrogen-bond donors (Lipinski definition) is 1. The molecule has 1 fully saturated rings. The Morgan fingerprint density at radius 2 is 1.90 bits per heavy atom. The lowest BCUT2D eigenvalue weighted by atomic mass is 9.94. The summed E-state index contributed by atoms with van der Waals surface area (Å²) in [5, 5.41) is 11.9. The monoisotopic (exact) mass is 572 g/mol. The second-order valence-corrected chi connectivity index (χ2v) is 10.8. The van der Waals surface area contributed by atoms with Gasteiger partial charge >= 0.3 is 5.91 Å². The van der Waals surface area contributed by atoms with Crippen molar-refractivity contribution in [2.24, 2.45) is 0 Å². The van der Waals surface area contributed by atoms with Gasteiger partial charge in [-0.3, -0.25) is 14.5 Å². The van der Waals surface area contributed by atoms with Crippen LogP contribution < -0.4 is 23.8 Å². The number of ether oxygens (including phenoxy) is 4. The van der Waals surface area contributed by atoms with Gasteiger partial charge in [-0.2, -0.15) is 0 Å². The zero-order valence-corrected chi connectivity index (χ0v) is 23.8. The van der Waals surface area contributed by atoms with Crippen molar-refractivity contribution < 1.29 is 33.6 Å². The number of benzene rings is 3. The Labute approximate surface area is 240 Å². The Balaban J connectivity index is 1.54. The molecule has 1 saturated heterocycles. The number of rotatable bonds is 7. The van der Waals surface area contributed by atoms with Crippen LogP contribution in [-0.4, -0.2) is 48.7 Å². The van der Waals surface area contributed by atoms with Gasteiger partial charge in [0, 0.05) is 12.0 Å². The molecule has 0 saturated carbocycles. The zero-order chi connectivity index (χ0) is 28.8. The molecule has 210 valence electrons. The number of aliphatic hydroxyl groups is 1. The van der Waals surface area contributed by atoms with Crippen LogP contribution in [0.1, 0.15) is 36.6 Å². The quantitative estimate of drug-likeness (QED) is 0.172. The Morgan fingerprint density at radius 3 is 2.66 bits per heavy atom. The van der Waals surface area contributed by atoms with Crippen molar-refractivity contribution >= 4 is 44.1 Å². The number of Topliss-reactive ketones (excluding diaryl/α,β-unsaturated/α-hetero) is 1. The van der Waals surface area contributed by atoms with Gasteiger partial charge in [-0.05, 0) is 73.5 Å². The Morgan fingerprint density at radius 1 is 1.07 bits per heavy atom. The molecule has 4 aromatic rings. The number of aliphatic hydroxyl groups excluding tert-OH is 1. The van der Waals surface area contributed by atoms with Crippen molar-refractivity contribution in [1.82, 2.24) is 4.98 Å². The summed E-state index contributed by atoms with van der Waals surface area (Å²) < 4.78 is 23.2. The van der Waals surface area contributed by atoms with E-state index < -0.39 is 17.7 Å². The first-order valence-electron chi connectivity index (χ1n) is 13.2. The number of hydrogen-bond acceptors (Lipinski definition) is 9. The summed E-state index contributed by atoms with van der Waals surface area (Å²) in [5.74, 6) is 0.498. The van der Waals surface area contributed by atoms with E-state index in [1.54, 1.807) is 55.6 Å². The molecule has 0 spiro atoms. The van der Waals surface area contributed by atoms with E-state index in [1.807, 2.05) is 19.9 Å². The molecule has 0 radical (unpaired) electrons. The molecule has 9 nitrogen and oxygen atoms in total. The van der Waals surface area contributed by atoms with Crippen molar-refractivity contribution in [3.05, 3.63) is 76.9 Å². The minimum Gasteiger partial charge on any atom is -0.507 e. The van der Waals surface area contributed by atoms with Gasteiger partial charge in [0.25, 0.3) is 5.78 Å². The summed E-state index contributed by atoms with van der Waals surface area (Å²) in [5.41, 5.74) is 2.53. The number of carbonyl (C=O) groups excluding carboxylic acids is 2. The summed E-state index contributed by atoms with van der Waals surface area (Å²) in [6.45, 7) is 4.27. The second kappa shape index (κ2) is 10.4. The van der Waals surface area contributed by atoms with Crippen LogP contribution in [0, 0.1) is 0 Å². The summed E-state index contributed by atoms with van der Waals surface area (Å²) in [4.78, 5) is 33.4. The van der Waals surface area contributed by atoms with E-state index in [1.165, 1.54) is 23.3 Å². The molecule has 2 atom stereocenters. The molecule has 0 aliphatic carbocycles. The van der Waals surface area contributed by atoms with Crippen molar-refractivity contribution in [3.63, 3.8) is 0 Å². The highest BCUT2D eigenvalue weighted by atomic mass is 32.1. The lowest BCUT2D eigenvalue weighted by molar-refractivity contribution is -0.132. The molecule has 2 aliphatic rings. The Hall–Kier alpha value is -4.57. The van der Waals surface area contributed by atoms with Crippen molar-refractivity contribution in [2.45, 2.75) is 32.4 Å². The number of thiazole rings is 1. The first-order valence-corrected chi connectivity index (χ1v) is 14.0. The van der Waals surface area contributed by atoms with Gasteiger partial charge in [-0.25, -0.2) is 4.98 Å². The molecule has 0 bridgehead atoms. The van der Waals surface area contributed by atoms with Crippen LogP contribution in [0.4, 0.5) is 5.13 Å². The zero-order valence-electron chi connectivity index (χ0n) is 23.0. The summed E-state index contributed by atoms with van der Waals surface area (Å²) in [6, 6.07) is 14.9. The van der Waals surface area contributed by atoms with E-state index in [0.717, 1.165) is 16.0 Å². The maximum absolute atomic E-state index is 13.7. The largest absolute Gasteiger partial charge is 0.507 e. The summed E-state index contributed by atoms with van der Waals surface area (Å²) in [6.07, 6.45) is 0.696. The maximum Gasteiger partial charge on any atom is 0.301 e. The second-order valence-electron chi connectivity index (χ2n) is 9.80. The van der Waals surface area contributed by atoms with Gasteiger partial charge < -0.3 is 24.1 Å². The first-order chi connectivity index (χ1) is 19.8. The lowest BCUT2D eigenvalue weighted by Gasteiger charge is -2.24. The molecule has 41 heavy (non-hydrogen) atoms. The van der Waals surface area contributed by atoms with E-state index in [2.05, 4.69) is 4.98 Å². The van der Waals surface area contributed by atoms with E-state index in [4.69, 9.17) is 18.9 Å². The molecular weight excluding hydrogens is 544 g/mol. The van der Waals surface area contributed by atoms with Gasteiger partial charge in [-0.1, -0.05) is 17.4 Å². The van der Waals surface area contributed by atoms with Gasteiger partial charge in [0.2, 0.25) is 0 Å². The Bertz CT molecular complexity index is 1730. The minimum atomic E-state index is -0.967. The smallest absolute Gasteiger partial charge is 0.301 e. The van der Waals surface area contributed by atoms with Crippen molar-refractivity contribution in [3.8, 4) is 23.0 Å². The number of methoxy groups -OCH3 is 2. The fourth-order valence-corrected chi connectivity index (χ4v) is 6.34. The summed E-state index contributed by atoms with van der Waals surface area (Å²) >= 11 is 1.26. The average Bonchev–Trinajstić information content (AvgIpc) is 3.64. The number of ketones is 1. The molecule has 10 heteroatoms. The first kappa shape index (κ1) is 26.6. The van der Waals surface area contributed by atoms with Crippen LogP contribution in [0.3, 0.4) is 0 Å². The predicted molar refractivity (Wildman–Crippen MR) is 155 cm³/mol. The third-order valence-electron chi connectivity index (χ3n) is 7.21. The van der Waals surface area contributed by atoms with E-state index >= 15 is 0 Å². The van der Waals surface area contributed by atoms with Crippen LogP contribution in [0.25, 0.3) is 16.0 Å². The number of carbonyl (C=O) groups is 2. The number of aromatic nitrogens is 1. The normalized spacial score (nSPS) is 19.4. The van der Waals surface area contributed by atoms with E-state index in [-0.39, 0.29) is 17.4 Å². The van der Waals surface area contributed by atoms with Crippen LogP contribution in [-0.2, 0) is 16.0 Å². The Kier molecular flexibility index (Phi) is 6.78. The van der Waals surface area contributed by atoms with Crippen LogP contribution in [0.15, 0.2) is 60.2 Å². The average molecular weight is 573 g/mol. The highest BCUT2D eigenvalue weighted by Gasteiger charge is 2.48. The standard InChI is InChI=1S/C31H28N2O7S/c1-5-39-23-11-6-17(14-24(23)38-4)27-26(28(34)18-7-10-22-19(13-18)12-16(2)40-22)29(35)30(36)33(27)31-32-21-9-8-20(37-3)15-25(21)41-31/h6-11,13-16,27,34H,5,12H2,1-4H3/b28-26+/t16-,27-/m1/s1. The minimum absolute atomic E-state index is 0.0157. The SMILES string of the molecule is CCOc1ccc([C@@H]2/C(=C(\O)c3ccc4c(c3)C[C@@H](C)O4)C(=O)C(=O)N2c2nc3ccc(OC)cc3s2)cc1OC. The molecule has 3 heterocycles. The van der Waals surface area contributed by atoms with Gasteiger partial charge in [0.05, 0.1) is 42.7 Å². The van der Waals surface area contributed by atoms with Crippen LogP contribution >= 0.6 is 11.3 Å². The molecular formula is C31H28N2O7S. The highest BCUT2D eigenvalue weighted by molar-refractivity contribution is 7.22. The molecule has 0 unspecified atom stereocenters. The van der Waals surface area contributed by atoms with Crippen molar-refractivity contribution in [2.75, 3.05) is 25.7 Å². The van der Waals surface area contributed by atoms with E-state index in [9.17, 15) is 14.7 Å². The number of fused-ring (bicyclic) bond motifs is 2. The molecule has 1 amide bonds. The predicted octanol–water partition coefficient (Wildman–Crippen LogP) is 5.66. The van der Waals surface area contributed by atoms with Gasteiger partial charge in [0.1, 0.15) is 23.4 Å². The topological polar surface area (TPSA) is 107 Å². The highest BCUT2D eigenvalue weighted by Crippen LogP contribution is 2.46. The fraction of sp³-hybridized carbons (Fsp3) is 0.258. The number of nitrogens with zero attached hydrogens (tertiary/aromatic N) is 2. The van der Waals surface area contributed by atoms with Crippen LogP contribution in [0.5, 0.6) is 23.0 Å². The molecule has 1 N–H and O–H groups in total. The maximum atomic E-state index is 13.7. The van der Waals surface area contributed by atoms with Gasteiger partial charge in [0.15, 0.2) is 16.6 Å². The fourth-order valence-electron chi connectivity index (χ4n) is 5.32. The molecule has 2 aliphatic heterocycles. The van der Waals surface area contributed by atoms with E-state index in [0.29, 0.717) is 52.1 Å². The molecule has 3 aromatic carbocycles. The molecule has 6 rings (SSSR count). The third-order valence-corrected chi connectivity index (χ3v) is 8.22. The lowest BCUT2D eigenvalue weighted by Crippen LogP contribution is -2.29. The third kappa shape index (κ3) is 4.54. The number of anilines is 1. The molecule has 1 aromatic heterocycles. The van der Waals surface area contributed by atoms with Crippen molar-refractivity contribution in [1.29, 1.82) is 0 Å². The van der Waals surface area contributed by atoms with Gasteiger partial charge in [-0.15, -0.1) is 0 Å². The summed E-state index contributed by atoms with van der Waals surface area (Å²) in [7, 11) is 3.10.